The maximum absolute atomic E-state index is 5.50. The minimum atomic E-state index is 0.464. The minimum Gasteiger partial charge on any atom is -0.468 e. The van der Waals surface area contributed by atoms with Gasteiger partial charge in [-0.3, -0.25) is 4.90 Å². The summed E-state index contributed by atoms with van der Waals surface area (Å²) in [5.74, 6) is 1.11. The molecular weight excluding hydrogens is 176 g/mol. The summed E-state index contributed by atoms with van der Waals surface area (Å²) in [6.07, 6.45) is 4.45. The Balaban J connectivity index is 1.84. The zero-order valence-electron chi connectivity index (χ0n) is 8.28. The highest BCUT2D eigenvalue weighted by atomic mass is 16.3. The molecule has 1 aromatic heterocycles. The van der Waals surface area contributed by atoms with E-state index in [1.54, 1.807) is 6.26 Å². The zero-order valence-corrected chi connectivity index (χ0v) is 8.28. The fourth-order valence-electron chi connectivity index (χ4n) is 2.74. The van der Waals surface area contributed by atoms with Gasteiger partial charge in [-0.05, 0) is 31.5 Å². The predicted octanol–water partition coefficient (Wildman–Crippen LogP) is 1.39. The summed E-state index contributed by atoms with van der Waals surface area (Å²) in [7, 11) is 0. The van der Waals surface area contributed by atoms with Gasteiger partial charge in [0, 0.05) is 19.1 Å². The predicted molar refractivity (Wildman–Crippen MR) is 54.0 cm³/mol. The van der Waals surface area contributed by atoms with E-state index in [9.17, 15) is 0 Å². The monoisotopic (exact) mass is 192 g/mol. The quantitative estimate of drug-likeness (QED) is 0.729. The Hall–Kier alpha value is -0.800. The van der Waals surface area contributed by atoms with E-state index in [2.05, 4.69) is 16.3 Å². The van der Waals surface area contributed by atoms with E-state index >= 15 is 0 Å². The van der Waals surface area contributed by atoms with Crippen molar-refractivity contribution in [2.45, 2.75) is 24.9 Å². The molecule has 76 valence electrons. The third-order valence-corrected chi connectivity index (χ3v) is 3.41. The van der Waals surface area contributed by atoms with Crippen molar-refractivity contribution in [2.24, 2.45) is 0 Å². The van der Waals surface area contributed by atoms with Crippen LogP contribution in [-0.4, -0.2) is 30.6 Å². The van der Waals surface area contributed by atoms with E-state index in [4.69, 9.17) is 4.42 Å². The third kappa shape index (κ3) is 1.28. The fraction of sp³-hybridized carbons (Fsp3) is 0.636. The van der Waals surface area contributed by atoms with E-state index in [0.29, 0.717) is 6.04 Å². The lowest BCUT2D eigenvalue weighted by Gasteiger charge is -2.36. The number of furan rings is 1. The highest BCUT2D eigenvalue weighted by Gasteiger charge is 2.35. The van der Waals surface area contributed by atoms with Gasteiger partial charge in [0.15, 0.2) is 0 Å². The van der Waals surface area contributed by atoms with E-state index in [-0.39, 0.29) is 0 Å². The summed E-state index contributed by atoms with van der Waals surface area (Å²) in [4.78, 5) is 2.59. The molecule has 3 rings (SSSR count). The van der Waals surface area contributed by atoms with Crippen molar-refractivity contribution < 1.29 is 4.42 Å². The average molecular weight is 192 g/mol. The lowest BCUT2D eigenvalue weighted by atomic mass is 10.1. The Morgan fingerprint density at radius 3 is 3.29 bits per heavy atom. The van der Waals surface area contributed by atoms with Crippen molar-refractivity contribution >= 4 is 0 Å². The molecule has 2 atom stereocenters. The normalized spacial score (nSPS) is 33.1. The van der Waals surface area contributed by atoms with Gasteiger partial charge < -0.3 is 9.73 Å². The summed E-state index contributed by atoms with van der Waals surface area (Å²) in [5, 5.41) is 3.49. The van der Waals surface area contributed by atoms with Gasteiger partial charge in [-0.25, -0.2) is 0 Å². The maximum atomic E-state index is 5.50. The molecule has 0 aromatic carbocycles. The number of piperazine rings is 1. The van der Waals surface area contributed by atoms with Crippen LogP contribution in [0, 0.1) is 0 Å². The van der Waals surface area contributed by atoms with Crippen molar-refractivity contribution in [3.05, 3.63) is 24.2 Å². The summed E-state index contributed by atoms with van der Waals surface area (Å²) in [6.45, 7) is 3.42. The molecule has 2 saturated heterocycles. The van der Waals surface area contributed by atoms with Crippen molar-refractivity contribution in [2.75, 3.05) is 19.6 Å². The van der Waals surface area contributed by atoms with Crippen LogP contribution in [0.5, 0.6) is 0 Å². The summed E-state index contributed by atoms with van der Waals surface area (Å²) >= 11 is 0. The topological polar surface area (TPSA) is 28.4 Å². The van der Waals surface area contributed by atoms with Gasteiger partial charge in [-0.1, -0.05) is 0 Å². The Morgan fingerprint density at radius 2 is 2.43 bits per heavy atom. The van der Waals surface area contributed by atoms with Crippen LogP contribution in [0.1, 0.15) is 24.6 Å². The molecule has 14 heavy (non-hydrogen) atoms. The first-order valence-electron chi connectivity index (χ1n) is 5.45. The zero-order chi connectivity index (χ0) is 9.38. The van der Waals surface area contributed by atoms with Crippen LogP contribution >= 0.6 is 0 Å². The second-order valence-corrected chi connectivity index (χ2v) is 4.22. The molecule has 3 heterocycles. The van der Waals surface area contributed by atoms with Crippen LogP contribution in [0.15, 0.2) is 22.8 Å². The van der Waals surface area contributed by atoms with Gasteiger partial charge in [-0.15, -0.1) is 0 Å². The van der Waals surface area contributed by atoms with Crippen LogP contribution < -0.4 is 5.32 Å². The van der Waals surface area contributed by atoms with Crippen molar-refractivity contribution in [3.63, 3.8) is 0 Å². The Kier molecular flexibility index (Phi) is 2.07. The molecule has 3 nitrogen and oxygen atoms in total. The molecular formula is C11H16N2O. The molecule has 0 amide bonds. The highest BCUT2D eigenvalue weighted by Crippen LogP contribution is 2.31. The average Bonchev–Trinajstić information content (AvgIpc) is 2.88. The summed E-state index contributed by atoms with van der Waals surface area (Å²) in [6, 6.07) is 5.27. The Labute approximate surface area is 84.1 Å². The Morgan fingerprint density at radius 1 is 1.43 bits per heavy atom. The smallest absolute Gasteiger partial charge is 0.122 e. The number of hydrogen-bond donors (Lipinski definition) is 1. The first-order valence-corrected chi connectivity index (χ1v) is 5.45. The summed E-state index contributed by atoms with van der Waals surface area (Å²) in [5.41, 5.74) is 0. The standard InChI is InChI=1S/C11H16N2O/c1-3-9-7-12-8-10(13(9)5-1)11-4-2-6-14-11/h2,4,6,9-10,12H,1,3,5,7-8H2. The van der Waals surface area contributed by atoms with Crippen LogP contribution in [0.3, 0.4) is 0 Å². The molecule has 0 radical (unpaired) electrons. The minimum absolute atomic E-state index is 0.464. The van der Waals surface area contributed by atoms with Crippen LogP contribution in [0.25, 0.3) is 0 Å². The van der Waals surface area contributed by atoms with E-state index in [1.165, 1.54) is 19.4 Å². The molecule has 3 heteroatoms. The molecule has 2 aliphatic rings. The number of nitrogens with zero attached hydrogens (tertiary/aromatic N) is 1. The molecule has 0 bridgehead atoms. The molecule has 1 aromatic rings. The van der Waals surface area contributed by atoms with E-state index in [0.717, 1.165) is 24.9 Å². The first-order chi connectivity index (χ1) is 6.95. The third-order valence-electron chi connectivity index (χ3n) is 3.41. The number of hydrogen-bond acceptors (Lipinski definition) is 3. The van der Waals surface area contributed by atoms with E-state index in [1.807, 2.05) is 6.07 Å². The number of nitrogens with one attached hydrogen (secondary N) is 1. The number of rotatable bonds is 1. The van der Waals surface area contributed by atoms with Gasteiger partial charge in [-0.2, -0.15) is 0 Å². The van der Waals surface area contributed by atoms with Gasteiger partial charge in [0.25, 0.3) is 0 Å². The van der Waals surface area contributed by atoms with Crippen molar-refractivity contribution in [1.82, 2.24) is 10.2 Å². The highest BCUT2D eigenvalue weighted by molar-refractivity contribution is 5.08. The van der Waals surface area contributed by atoms with Crippen molar-refractivity contribution in [1.29, 1.82) is 0 Å². The molecule has 2 aliphatic heterocycles. The SMILES string of the molecule is c1coc(C2CNCC3CCCN32)c1. The number of fused-ring (bicyclic) bond motifs is 1. The van der Waals surface area contributed by atoms with E-state index < -0.39 is 0 Å². The molecule has 2 unspecified atom stereocenters. The van der Waals surface area contributed by atoms with Crippen LogP contribution in [-0.2, 0) is 0 Å². The second-order valence-electron chi connectivity index (χ2n) is 4.22. The molecule has 0 saturated carbocycles. The molecule has 0 aliphatic carbocycles. The largest absolute Gasteiger partial charge is 0.468 e. The lowest BCUT2D eigenvalue weighted by Crippen LogP contribution is -2.49. The molecule has 0 spiro atoms. The van der Waals surface area contributed by atoms with Crippen molar-refractivity contribution in [3.8, 4) is 0 Å². The molecule has 2 fully saturated rings. The fourth-order valence-corrected chi connectivity index (χ4v) is 2.74. The van der Waals surface area contributed by atoms with Gasteiger partial charge in [0.2, 0.25) is 0 Å². The van der Waals surface area contributed by atoms with Crippen LogP contribution in [0.2, 0.25) is 0 Å². The second kappa shape index (κ2) is 3.41. The lowest BCUT2D eigenvalue weighted by molar-refractivity contribution is 0.121. The van der Waals surface area contributed by atoms with Gasteiger partial charge >= 0.3 is 0 Å². The maximum Gasteiger partial charge on any atom is 0.122 e. The van der Waals surface area contributed by atoms with Crippen LogP contribution in [0.4, 0.5) is 0 Å². The first kappa shape index (κ1) is 8.50. The molecule has 1 N–H and O–H groups in total. The van der Waals surface area contributed by atoms with Gasteiger partial charge in [0.05, 0.1) is 12.3 Å². The van der Waals surface area contributed by atoms with Gasteiger partial charge in [0.1, 0.15) is 5.76 Å². The summed E-state index contributed by atoms with van der Waals surface area (Å²) < 4.78 is 5.50. The Bertz CT molecular complexity index is 296.